The Bertz CT molecular complexity index is 1660. The SMILES string of the molecule is CN(c1ccc(C(=O)OC(C)(C)C)cc1)C(C(=O)N(c1ccccc1)c1cc2cccoc-2c1)c1ccc(C(C)(C)C)cc1. The Kier molecular flexibility index (Phi) is 8.38. The van der Waals surface area contributed by atoms with Crippen LogP contribution in [0.25, 0.3) is 11.3 Å². The number of likely N-dealkylation sites (N-methyl/N-ethyl adjacent to an activating group) is 1. The first-order valence-corrected chi connectivity index (χ1v) is 14.8. The number of para-hydroxylation sites is 1. The maximum atomic E-state index is 14.9. The number of hydrogen-bond acceptors (Lipinski definition) is 5. The first-order valence-electron chi connectivity index (χ1n) is 14.8. The summed E-state index contributed by atoms with van der Waals surface area (Å²) in [5.41, 5.74) is 5.02. The molecular weight excluding hydrogens is 548 g/mol. The normalized spacial score (nSPS) is 12.5. The van der Waals surface area contributed by atoms with Crippen molar-refractivity contribution in [2.75, 3.05) is 16.8 Å². The number of fused-ring (bicyclic) bond motifs is 1. The minimum absolute atomic E-state index is 0.0313. The molecule has 1 aliphatic carbocycles. The largest absolute Gasteiger partial charge is 0.464 e. The molecule has 1 heterocycles. The average Bonchev–Trinajstić information content (AvgIpc) is 3.40. The number of anilines is 3. The molecule has 6 nitrogen and oxygen atoms in total. The van der Waals surface area contributed by atoms with Gasteiger partial charge in [0.05, 0.1) is 17.5 Å². The highest BCUT2D eigenvalue weighted by molar-refractivity contribution is 6.06. The van der Waals surface area contributed by atoms with Gasteiger partial charge < -0.3 is 14.1 Å². The molecule has 5 rings (SSSR count). The summed E-state index contributed by atoms with van der Waals surface area (Å²) >= 11 is 0. The number of ether oxygens (including phenoxy) is 1. The van der Waals surface area contributed by atoms with Crippen molar-refractivity contribution in [2.24, 2.45) is 0 Å². The van der Waals surface area contributed by atoms with Crippen molar-refractivity contribution in [3.8, 4) is 11.3 Å². The fourth-order valence-electron chi connectivity index (χ4n) is 5.23. The molecule has 1 aliphatic heterocycles. The quantitative estimate of drug-likeness (QED) is 0.177. The van der Waals surface area contributed by atoms with E-state index in [1.54, 1.807) is 23.3 Å². The Morgan fingerprint density at radius 1 is 0.727 bits per heavy atom. The van der Waals surface area contributed by atoms with Crippen LogP contribution < -0.4 is 9.80 Å². The van der Waals surface area contributed by atoms with Crippen LogP contribution >= 0.6 is 0 Å². The van der Waals surface area contributed by atoms with Gasteiger partial charge >= 0.3 is 5.97 Å². The number of amides is 1. The summed E-state index contributed by atoms with van der Waals surface area (Å²) in [6.45, 7) is 12.0. The minimum Gasteiger partial charge on any atom is -0.464 e. The van der Waals surface area contributed by atoms with Gasteiger partial charge in [0.25, 0.3) is 5.91 Å². The van der Waals surface area contributed by atoms with Crippen LogP contribution in [0, 0.1) is 0 Å². The Balaban J connectivity index is 1.59. The second-order valence-corrected chi connectivity index (χ2v) is 13.1. The van der Waals surface area contributed by atoms with E-state index in [4.69, 9.17) is 9.15 Å². The average molecular weight is 589 g/mol. The van der Waals surface area contributed by atoms with Gasteiger partial charge in [0.2, 0.25) is 0 Å². The van der Waals surface area contributed by atoms with Crippen molar-refractivity contribution in [2.45, 2.75) is 58.6 Å². The monoisotopic (exact) mass is 588 g/mol. The van der Waals surface area contributed by atoms with Crippen LogP contribution in [0.1, 0.15) is 69.1 Å². The molecule has 0 saturated carbocycles. The van der Waals surface area contributed by atoms with Gasteiger partial charge in [-0.2, -0.15) is 0 Å². The van der Waals surface area contributed by atoms with Crippen molar-refractivity contribution in [1.29, 1.82) is 0 Å². The van der Waals surface area contributed by atoms with E-state index in [0.717, 1.165) is 28.2 Å². The maximum Gasteiger partial charge on any atom is 0.338 e. The lowest BCUT2D eigenvalue weighted by atomic mass is 9.86. The topological polar surface area (TPSA) is 63.0 Å². The number of esters is 1. The van der Waals surface area contributed by atoms with Gasteiger partial charge in [0.1, 0.15) is 17.4 Å². The molecule has 0 bridgehead atoms. The van der Waals surface area contributed by atoms with Crippen molar-refractivity contribution in [3.63, 3.8) is 0 Å². The second kappa shape index (κ2) is 12.0. The highest BCUT2D eigenvalue weighted by atomic mass is 16.6. The summed E-state index contributed by atoms with van der Waals surface area (Å²) in [6.07, 6.45) is 1.63. The van der Waals surface area contributed by atoms with Crippen molar-refractivity contribution in [1.82, 2.24) is 0 Å². The number of rotatable bonds is 7. The molecule has 0 radical (unpaired) electrons. The summed E-state index contributed by atoms with van der Waals surface area (Å²) in [5, 5.41) is 0. The van der Waals surface area contributed by atoms with Gasteiger partial charge in [-0.15, -0.1) is 0 Å². The lowest BCUT2D eigenvalue weighted by Gasteiger charge is -2.34. The highest BCUT2D eigenvalue weighted by Crippen LogP contribution is 2.39. The molecule has 0 N–H and O–H groups in total. The first-order chi connectivity index (χ1) is 20.8. The van der Waals surface area contributed by atoms with E-state index in [-0.39, 0.29) is 17.3 Å². The first kappa shape index (κ1) is 30.6. The molecular formula is C38H40N2O4. The zero-order valence-corrected chi connectivity index (χ0v) is 26.5. The Hall–Kier alpha value is -4.84. The van der Waals surface area contributed by atoms with Gasteiger partial charge in [0.15, 0.2) is 0 Å². The molecule has 3 aromatic rings. The molecule has 44 heavy (non-hydrogen) atoms. The number of nitrogens with zero attached hydrogens (tertiary/aromatic N) is 2. The third kappa shape index (κ3) is 6.70. The van der Waals surface area contributed by atoms with Gasteiger partial charge in [-0.25, -0.2) is 4.79 Å². The maximum absolute atomic E-state index is 14.9. The Morgan fingerprint density at radius 2 is 1.39 bits per heavy atom. The Morgan fingerprint density at radius 3 is 1.98 bits per heavy atom. The van der Waals surface area contributed by atoms with Crippen LogP contribution in [0.2, 0.25) is 0 Å². The van der Waals surface area contributed by atoms with Gasteiger partial charge in [-0.3, -0.25) is 9.69 Å². The molecule has 6 heteroatoms. The highest BCUT2D eigenvalue weighted by Gasteiger charge is 2.33. The molecule has 1 atom stereocenters. The van der Waals surface area contributed by atoms with E-state index in [9.17, 15) is 9.59 Å². The summed E-state index contributed by atoms with van der Waals surface area (Å²) in [7, 11) is 1.91. The van der Waals surface area contributed by atoms with E-state index in [0.29, 0.717) is 11.3 Å². The van der Waals surface area contributed by atoms with Gasteiger partial charge in [0, 0.05) is 30.1 Å². The predicted molar refractivity (Wildman–Crippen MR) is 177 cm³/mol. The van der Waals surface area contributed by atoms with Crippen molar-refractivity contribution >= 4 is 28.9 Å². The zero-order chi connectivity index (χ0) is 31.6. The minimum atomic E-state index is -0.688. The van der Waals surface area contributed by atoms with Gasteiger partial charge in [-0.05, 0) is 91.9 Å². The van der Waals surface area contributed by atoms with Crippen LogP contribution in [-0.4, -0.2) is 24.5 Å². The second-order valence-electron chi connectivity index (χ2n) is 13.1. The van der Waals surface area contributed by atoms with Crippen LogP contribution in [0.3, 0.4) is 0 Å². The zero-order valence-electron chi connectivity index (χ0n) is 26.5. The van der Waals surface area contributed by atoms with E-state index in [2.05, 4.69) is 32.9 Å². The molecule has 1 unspecified atom stereocenters. The smallest absolute Gasteiger partial charge is 0.338 e. The van der Waals surface area contributed by atoms with Crippen LogP contribution in [0.5, 0.6) is 0 Å². The van der Waals surface area contributed by atoms with Crippen LogP contribution in [-0.2, 0) is 14.9 Å². The van der Waals surface area contributed by atoms with Crippen LogP contribution in [0.15, 0.2) is 114 Å². The number of carbonyl (C=O) groups excluding carboxylic acids is 2. The molecule has 2 aliphatic rings. The molecule has 0 spiro atoms. The Labute approximate surface area is 260 Å². The third-order valence-electron chi connectivity index (χ3n) is 7.53. The summed E-state index contributed by atoms with van der Waals surface area (Å²) in [6, 6.07) is 32.1. The fourth-order valence-corrected chi connectivity index (χ4v) is 5.23. The number of hydrogen-bond donors (Lipinski definition) is 0. The number of carbonyl (C=O) groups is 2. The summed E-state index contributed by atoms with van der Waals surface area (Å²) in [4.78, 5) is 31.3. The molecule has 0 aromatic heterocycles. The van der Waals surface area contributed by atoms with Gasteiger partial charge in [-0.1, -0.05) is 63.2 Å². The van der Waals surface area contributed by atoms with Crippen LogP contribution in [0.4, 0.5) is 17.1 Å². The lowest BCUT2D eigenvalue weighted by molar-refractivity contribution is -0.119. The summed E-state index contributed by atoms with van der Waals surface area (Å²) in [5.74, 6) is 0.183. The molecule has 0 saturated heterocycles. The van der Waals surface area contributed by atoms with E-state index in [1.807, 2.05) is 112 Å². The lowest BCUT2D eigenvalue weighted by Crippen LogP contribution is -2.39. The number of benzene rings is 3. The van der Waals surface area contributed by atoms with E-state index >= 15 is 0 Å². The standard InChI is InChI=1S/C38H40N2O4/c1-37(2,3)29-19-15-26(16-20-29)34(39(7)30-21-17-27(18-22-30)36(42)44-38(4,5)6)35(41)40(31-13-9-8-10-14-31)32-24-28-12-11-23-43-33(28)25-32/h8-25,34H,1-7H3. The van der Waals surface area contributed by atoms with E-state index in [1.165, 1.54) is 5.56 Å². The van der Waals surface area contributed by atoms with E-state index < -0.39 is 11.6 Å². The summed E-state index contributed by atoms with van der Waals surface area (Å²) < 4.78 is 11.3. The van der Waals surface area contributed by atoms with Crippen molar-refractivity contribution in [3.05, 3.63) is 126 Å². The predicted octanol–water partition coefficient (Wildman–Crippen LogP) is 9.18. The third-order valence-corrected chi connectivity index (χ3v) is 7.53. The molecule has 226 valence electrons. The molecule has 0 fully saturated rings. The molecule has 1 amide bonds. The molecule has 3 aromatic carbocycles. The fraction of sp³-hybridized carbons (Fsp3) is 0.263. The van der Waals surface area contributed by atoms with Crippen molar-refractivity contribution < 1.29 is 18.7 Å².